The van der Waals surface area contributed by atoms with Crippen LogP contribution in [-0.4, -0.2) is 11.2 Å². The second-order valence-electron chi connectivity index (χ2n) is 13.3. The molecule has 176 valence electrons. The maximum atomic E-state index is 10.7. The molecule has 4 aliphatic rings. The molecule has 4 saturated carbocycles. The van der Waals surface area contributed by atoms with Crippen LogP contribution in [0.1, 0.15) is 112 Å². The summed E-state index contributed by atoms with van der Waals surface area (Å²) in [4.78, 5) is 0. The normalized spacial score (nSPS) is 47.9. The zero-order valence-electron chi connectivity index (χ0n) is 21.2. The minimum absolute atomic E-state index is 0.165. The van der Waals surface area contributed by atoms with Crippen LogP contribution in [0.25, 0.3) is 0 Å². The average molecular weight is 427 g/mol. The van der Waals surface area contributed by atoms with E-state index < -0.39 is 0 Å². The molecule has 0 aromatic heterocycles. The van der Waals surface area contributed by atoms with Crippen molar-refractivity contribution in [2.45, 2.75) is 118 Å². The van der Waals surface area contributed by atoms with Gasteiger partial charge in [-0.05, 0) is 110 Å². The number of hydrogen-bond donors (Lipinski definition) is 1. The lowest BCUT2D eigenvalue weighted by Gasteiger charge is -2.62. The molecule has 0 aromatic carbocycles. The Morgan fingerprint density at radius 1 is 0.871 bits per heavy atom. The van der Waals surface area contributed by atoms with Crippen molar-refractivity contribution >= 4 is 0 Å². The monoisotopic (exact) mass is 426 g/mol. The van der Waals surface area contributed by atoms with E-state index in [2.05, 4.69) is 40.5 Å². The van der Waals surface area contributed by atoms with Gasteiger partial charge in [-0.3, -0.25) is 0 Å². The van der Waals surface area contributed by atoms with Crippen LogP contribution in [0.15, 0.2) is 0 Å². The zero-order chi connectivity index (χ0) is 22.4. The number of fused-ring (bicyclic) bond motifs is 5. The van der Waals surface area contributed by atoms with Crippen LogP contribution in [0, 0.1) is 70.5 Å². The summed E-state index contributed by atoms with van der Waals surface area (Å²) >= 11 is 0. The Balaban J connectivity index is 1.49. The first-order valence-electron chi connectivity index (χ1n) is 13.8. The van der Waals surface area contributed by atoms with Crippen LogP contribution in [-0.2, 0) is 0 Å². The molecular formula is C30H50O. The highest BCUT2D eigenvalue weighted by Crippen LogP contribution is 2.69. The molecule has 4 aliphatic carbocycles. The summed E-state index contributed by atoms with van der Waals surface area (Å²) in [5.74, 6) is 9.32. The van der Waals surface area contributed by atoms with Crippen molar-refractivity contribution in [1.82, 2.24) is 0 Å². The minimum atomic E-state index is -0.165. The van der Waals surface area contributed by atoms with Gasteiger partial charge in [-0.1, -0.05) is 53.9 Å². The predicted octanol–water partition coefficient (Wildman–Crippen LogP) is 7.72. The molecule has 1 N–H and O–H groups in total. The number of aliphatic hydroxyl groups is 1. The van der Waals surface area contributed by atoms with Crippen molar-refractivity contribution in [3.8, 4) is 12.3 Å². The van der Waals surface area contributed by atoms with Gasteiger partial charge in [-0.2, -0.15) is 0 Å². The maximum absolute atomic E-state index is 10.7. The molecular weight excluding hydrogens is 376 g/mol. The van der Waals surface area contributed by atoms with Crippen molar-refractivity contribution in [2.75, 3.05) is 0 Å². The van der Waals surface area contributed by atoms with Gasteiger partial charge in [0.05, 0.1) is 6.10 Å². The van der Waals surface area contributed by atoms with E-state index in [1.54, 1.807) is 0 Å². The van der Waals surface area contributed by atoms with Gasteiger partial charge in [-0.15, -0.1) is 12.3 Å². The van der Waals surface area contributed by atoms with E-state index in [9.17, 15) is 5.11 Å². The molecule has 0 heterocycles. The number of rotatable bonds is 6. The lowest BCUT2D eigenvalue weighted by atomic mass is 9.43. The Morgan fingerprint density at radius 2 is 1.55 bits per heavy atom. The first-order valence-corrected chi connectivity index (χ1v) is 13.8. The topological polar surface area (TPSA) is 20.2 Å². The number of terminal acetylenes is 1. The third-order valence-electron chi connectivity index (χ3n) is 11.5. The van der Waals surface area contributed by atoms with E-state index in [1.807, 2.05) is 0 Å². The number of hydrogen-bond acceptors (Lipinski definition) is 1. The van der Waals surface area contributed by atoms with E-state index in [1.165, 1.54) is 64.2 Å². The fraction of sp³-hybridized carbons (Fsp3) is 0.933. The molecule has 0 spiro atoms. The largest absolute Gasteiger partial charge is 0.393 e. The van der Waals surface area contributed by atoms with E-state index in [0.717, 1.165) is 48.3 Å². The quantitative estimate of drug-likeness (QED) is 0.431. The van der Waals surface area contributed by atoms with E-state index >= 15 is 0 Å². The number of aliphatic hydroxyl groups excluding tert-OH is 1. The Morgan fingerprint density at radius 3 is 2.26 bits per heavy atom. The van der Waals surface area contributed by atoms with Gasteiger partial charge in [0.2, 0.25) is 0 Å². The summed E-state index contributed by atoms with van der Waals surface area (Å²) in [6.07, 6.45) is 21.3. The predicted molar refractivity (Wildman–Crippen MR) is 131 cm³/mol. The summed E-state index contributed by atoms with van der Waals surface area (Å²) in [7, 11) is 0. The minimum Gasteiger partial charge on any atom is -0.393 e. The molecule has 0 bridgehead atoms. The van der Waals surface area contributed by atoms with Crippen molar-refractivity contribution in [3.05, 3.63) is 0 Å². The fourth-order valence-electron chi connectivity index (χ4n) is 9.94. The Hall–Kier alpha value is -0.480. The molecule has 4 unspecified atom stereocenters. The van der Waals surface area contributed by atoms with Crippen LogP contribution in [0.5, 0.6) is 0 Å². The smallest absolute Gasteiger partial charge is 0.0580 e. The van der Waals surface area contributed by atoms with E-state index in [4.69, 9.17) is 6.42 Å². The van der Waals surface area contributed by atoms with E-state index in [-0.39, 0.29) is 6.10 Å². The molecule has 10 atom stereocenters. The highest BCUT2D eigenvalue weighted by molar-refractivity contribution is 5.11. The molecule has 4 rings (SSSR count). The second kappa shape index (κ2) is 9.05. The van der Waals surface area contributed by atoms with Crippen LogP contribution in [0.3, 0.4) is 0 Å². The van der Waals surface area contributed by atoms with Gasteiger partial charge in [0, 0.05) is 6.42 Å². The highest BCUT2D eigenvalue weighted by atomic mass is 16.3. The first-order chi connectivity index (χ1) is 14.7. The van der Waals surface area contributed by atoms with Gasteiger partial charge in [0.15, 0.2) is 0 Å². The van der Waals surface area contributed by atoms with Gasteiger partial charge in [0.1, 0.15) is 0 Å². The summed E-state index contributed by atoms with van der Waals surface area (Å²) in [5, 5.41) is 10.7. The summed E-state index contributed by atoms with van der Waals surface area (Å²) < 4.78 is 0. The molecule has 0 aromatic rings. The van der Waals surface area contributed by atoms with Crippen LogP contribution in [0.4, 0.5) is 0 Å². The van der Waals surface area contributed by atoms with Gasteiger partial charge in [-0.25, -0.2) is 0 Å². The molecule has 31 heavy (non-hydrogen) atoms. The van der Waals surface area contributed by atoms with Crippen molar-refractivity contribution < 1.29 is 5.11 Å². The lowest BCUT2D eigenvalue weighted by Crippen LogP contribution is -2.56. The van der Waals surface area contributed by atoms with E-state index in [0.29, 0.717) is 22.7 Å². The molecule has 0 aliphatic heterocycles. The average Bonchev–Trinajstić information content (AvgIpc) is 3.07. The first kappa shape index (κ1) is 23.7. The second-order valence-corrected chi connectivity index (χ2v) is 13.3. The van der Waals surface area contributed by atoms with Gasteiger partial charge >= 0.3 is 0 Å². The SMILES string of the molecule is C#CC[C@H]1C2CCC3C(CC[C@@]4(C)C3CC[C@@H]4[C@H](C)CCCC(C)C)[C@@]2(C)CC[C@H]1O. The van der Waals surface area contributed by atoms with Crippen molar-refractivity contribution in [3.63, 3.8) is 0 Å². The lowest BCUT2D eigenvalue weighted by molar-refractivity contribution is -0.151. The summed E-state index contributed by atoms with van der Waals surface area (Å²) in [6.45, 7) is 12.6. The van der Waals surface area contributed by atoms with Crippen LogP contribution < -0.4 is 0 Å². The zero-order valence-corrected chi connectivity index (χ0v) is 21.2. The molecule has 0 radical (unpaired) electrons. The Kier molecular flexibility index (Phi) is 6.91. The third-order valence-corrected chi connectivity index (χ3v) is 11.5. The highest BCUT2D eigenvalue weighted by Gasteiger charge is 2.61. The van der Waals surface area contributed by atoms with Gasteiger partial charge in [0.25, 0.3) is 0 Å². The van der Waals surface area contributed by atoms with Crippen molar-refractivity contribution in [1.29, 1.82) is 0 Å². The molecule has 4 fully saturated rings. The maximum Gasteiger partial charge on any atom is 0.0580 e. The third kappa shape index (κ3) is 4.03. The molecule has 0 saturated heterocycles. The summed E-state index contributed by atoms with van der Waals surface area (Å²) in [5.41, 5.74) is 0.986. The molecule has 1 heteroatoms. The molecule has 0 amide bonds. The Labute approximate surface area is 193 Å². The van der Waals surface area contributed by atoms with Gasteiger partial charge < -0.3 is 5.11 Å². The van der Waals surface area contributed by atoms with Crippen molar-refractivity contribution in [2.24, 2.45) is 58.2 Å². The molecule has 1 nitrogen and oxygen atoms in total. The summed E-state index contributed by atoms with van der Waals surface area (Å²) in [6, 6.07) is 0. The Bertz CT molecular complexity index is 660. The van der Waals surface area contributed by atoms with Crippen LogP contribution in [0.2, 0.25) is 0 Å². The standard InChI is InChI=1S/C30H50O/c1-7-9-23-26-13-12-22-25-15-14-24(21(4)11-8-10-20(2)3)29(25,5)18-16-27(22)30(26,6)19-17-28(23)31/h1,20-28,31H,8-19H2,2-6H3/t21-,22?,23+,24-,25?,26?,27?,28-,29-,30+/m1/s1. The fourth-order valence-corrected chi connectivity index (χ4v) is 9.94. The van der Waals surface area contributed by atoms with Crippen LogP contribution >= 0.6 is 0 Å².